The highest BCUT2D eigenvalue weighted by Gasteiger charge is 2.12. The minimum Gasteiger partial charge on any atom is -0.496 e. The summed E-state index contributed by atoms with van der Waals surface area (Å²) in [5.41, 5.74) is 3.75. The molecule has 2 aromatic rings. The second kappa shape index (κ2) is 12.6. The van der Waals surface area contributed by atoms with Crippen molar-refractivity contribution < 1.29 is 9.47 Å². The minimum absolute atomic E-state index is 0.731. The first kappa shape index (κ1) is 22.4. The average molecular weight is 447 g/mol. The molecule has 28 heavy (non-hydrogen) atoms. The summed E-state index contributed by atoms with van der Waals surface area (Å²) in [6.07, 6.45) is 3.79. The molecule has 152 valence electrons. The third-order valence-electron chi connectivity index (χ3n) is 4.56. The molecule has 0 bridgehead atoms. The molecule has 5 heteroatoms. The normalized spacial score (nSPS) is 10.7. The van der Waals surface area contributed by atoms with Crippen LogP contribution in [0, 0.1) is 0 Å². The monoisotopic (exact) mass is 446 g/mol. The summed E-state index contributed by atoms with van der Waals surface area (Å²) in [5, 5.41) is 3.51. The number of aliphatic imine (C=N–C) groups is 1. The molecule has 2 aromatic carbocycles. The molecule has 1 N–H and O–H groups in total. The molecule has 0 aliphatic carbocycles. The van der Waals surface area contributed by atoms with Crippen molar-refractivity contribution in [1.82, 2.24) is 5.32 Å². The van der Waals surface area contributed by atoms with E-state index >= 15 is 0 Å². The molecule has 2 rings (SSSR count). The third-order valence-corrected chi connectivity index (χ3v) is 5.06. The summed E-state index contributed by atoms with van der Waals surface area (Å²) in [4.78, 5) is 3.91. The van der Waals surface area contributed by atoms with Crippen LogP contribution in [0.1, 0.15) is 36.5 Å². The van der Waals surface area contributed by atoms with Gasteiger partial charge in [-0.05, 0) is 79.9 Å². The fourth-order valence-electron chi connectivity index (χ4n) is 3.15. The second-order valence-electron chi connectivity index (χ2n) is 6.68. The highest BCUT2D eigenvalue weighted by Crippen LogP contribution is 2.28. The first-order valence-corrected chi connectivity index (χ1v) is 10.7. The third kappa shape index (κ3) is 6.95. The molecular formula is C23H31BrN2O2. The predicted octanol–water partition coefficient (Wildman–Crippen LogP) is 5.21. The predicted molar refractivity (Wildman–Crippen MR) is 121 cm³/mol. The Bertz CT molecular complexity index is 749. The number of ether oxygens (including phenoxy) is 2. The van der Waals surface area contributed by atoms with E-state index in [-0.39, 0.29) is 0 Å². The van der Waals surface area contributed by atoms with Crippen LogP contribution in [0.4, 0.5) is 0 Å². The summed E-state index contributed by atoms with van der Waals surface area (Å²) in [6.45, 7) is 8.94. The fourth-order valence-corrected chi connectivity index (χ4v) is 3.56. The molecule has 0 saturated heterocycles. The Kier molecular flexibility index (Phi) is 10.1. The summed E-state index contributed by atoms with van der Waals surface area (Å²) in [5.74, 6) is 1.91. The van der Waals surface area contributed by atoms with Crippen molar-refractivity contribution in [2.24, 2.45) is 4.99 Å². The van der Waals surface area contributed by atoms with Crippen LogP contribution in [-0.4, -0.2) is 33.5 Å². The standard InChI is InChI=1S/C23H31BrN2O2/c1-4-15-28-23-8-5-7-19(17-26-14-6-13-25-2)21(23)11-9-18-16-20(24)10-12-22(18)27-3/h5,7-8,10,12,16,26H,2,4,6,9,11,13-15,17H2,1,3H3. The second-order valence-corrected chi connectivity index (χ2v) is 7.59. The van der Waals surface area contributed by atoms with Crippen molar-refractivity contribution >= 4 is 22.6 Å². The first-order chi connectivity index (χ1) is 13.7. The lowest BCUT2D eigenvalue weighted by Gasteiger charge is -2.17. The van der Waals surface area contributed by atoms with Gasteiger partial charge in [0.25, 0.3) is 0 Å². The topological polar surface area (TPSA) is 42.9 Å². The first-order valence-electron chi connectivity index (χ1n) is 9.88. The van der Waals surface area contributed by atoms with Crippen molar-refractivity contribution in [3.05, 3.63) is 57.6 Å². The maximum Gasteiger partial charge on any atom is 0.122 e. The van der Waals surface area contributed by atoms with Gasteiger partial charge in [-0.25, -0.2) is 0 Å². The summed E-state index contributed by atoms with van der Waals surface area (Å²) in [6, 6.07) is 12.5. The van der Waals surface area contributed by atoms with E-state index < -0.39 is 0 Å². The molecule has 0 fully saturated rings. The largest absolute Gasteiger partial charge is 0.496 e. The zero-order valence-electron chi connectivity index (χ0n) is 17.0. The van der Waals surface area contributed by atoms with Crippen molar-refractivity contribution in [2.45, 2.75) is 39.2 Å². The summed E-state index contributed by atoms with van der Waals surface area (Å²) < 4.78 is 12.7. The number of aryl methyl sites for hydroxylation is 1. The Balaban J connectivity index is 2.16. The van der Waals surface area contributed by atoms with Gasteiger partial charge in [-0.3, -0.25) is 0 Å². The van der Waals surface area contributed by atoms with Gasteiger partial charge in [-0.1, -0.05) is 35.0 Å². The summed E-state index contributed by atoms with van der Waals surface area (Å²) in [7, 11) is 1.72. The molecule has 0 saturated carbocycles. The smallest absolute Gasteiger partial charge is 0.122 e. The Morgan fingerprint density at radius 1 is 1.11 bits per heavy atom. The van der Waals surface area contributed by atoms with E-state index in [0.29, 0.717) is 0 Å². The van der Waals surface area contributed by atoms with Gasteiger partial charge in [0.15, 0.2) is 0 Å². The minimum atomic E-state index is 0.731. The number of rotatable bonds is 13. The van der Waals surface area contributed by atoms with Crippen LogP contribution in [0.15, 0.2) is 45.9 Å². The maximum absolute atomic E-state index is 6.05. The molecule has 0 aliphatic rings. The van der Waals surface area contributed by atoms with Gasteiger partial charge >= 0.3 is 0 Å². The van der Waals surface area contributed by atoms with E-state index in [9.17, 15) is 0 Å². The van der Waals surface area contributed by atoms with Gasteiger partial charge in [0.2, 0.25) is 0 Å². The van der Waals surface area contributed by atoms with Crippen LogP contribution in [0.25, 0.3) is 0 Å². The van der Waals surface area contributed by atoms with Crippen LogP contribution in [0.5, 0.6) is 11.5 Å². The van der Waals surface area contributed by atoms with Crippen molar-refractivity contribution in [3.8, 4) is 11.5 Å². The number of benzene rings is 2. The average Bonchev–Trinajstić information content (AvgIpc) is 2.71. The molecule has 0 aliphatic heterocycles. The Morgan fingerprint density at radius 3 is 2.71 bits per heavy atom. The SMILES string of the molecule is C=NCCCNCc1cccc(OCCC)c1CCc1cc(Br)ccc1OC. The quantitative estimate of drug-likeness (QED) is 0.339. The van der Waals surface area contributed by atoms with Gasteiger partial charge in [0.1, 0.15) is 11.5 Å². The van der Waals surface area contributed by atoms with Crippen LogP contribution < -0.4 is 14.8 Å². The van der Waals surface area contributed by atoms with E-state index in [1.165, 1.54) is 16.7 Å². The molecule has 4 nitrogen and oxygen atoms in total. The van der Waals surface area contributed by atoms with Crippen molar-refractivity contribution in [2.75, 3.05) is 26.8 Å². The zero-order chi connectivity index (χ0) is 20.2. The number of hydrogen-bond donors (Lipinski definition) is 1. The van der Waals surface area contributed by atoms with Gasteiger partial charge in [0, 0.05) is 17.6 Å². The Morgan fingerprint density at radius 2 is 1.96 bits per heavy atom. The zero-order valence-corrected chi connectivity index (χ0v) is 18.6. The van der Waals surface area contributed by atoms with Gasteiger partial charge in [-0.2, -0.15) is 0 Å². The van der Waals surface area contributed by atoms with E-state index in [1.807, 2.05) is 12.1 Å². The lowest BCUT2D eigenvalue weighted by atomic mass is 9.98. The van der Waals surface area contributed by atoms with E-state index in [2.05, 4.69) is 64.1 Å². The van der Waals surface area contributed by atoms with Gasteiger partial charge in [-0.15, -0.1) is 0 Å². The Labute approximate surface area is 177 Å². The highest BCUT2D eigenvalue weighted by molar-refractivity contribution is 9.10. The molecule has 0 heterocycles. The van der Waals surface area contributed by atoms with Gasteiger partial charge < -0.3 is 19.8 Å². The molecular weight excluding hydrogens is 416 g/mol. The highest BCUT2D eigenvalue weighted by atomic mass is 79.9. The van der Waals surface area contributed by atoms with Crippen LogP contribution >= 0.6 is 15.9 Å². The molecule has 0 amide bonds. The Hall–Kier alpha value is -1.85. The lowest BCUT2D eigenvalue weighted by molar-refractivity contribution is 0.313. The van der Waals surface area contributed by atoms with E-state index in [1.54, 1.807) is 7.11 Å². The molecule has 0 unspecified atom stereocenters. The number of hydrogen-bond acceptors (Lipinski definition) is 4. The number of nitrogens with one attached hydrogen (secondary N) is 1. The lowest BCUT2D eigenvalue weighted by Crippen LogP contribution is -2.17. The summed E-state index contributed by atoms with van der Waals surface area (Å²) >= 11 is 3.57. The van der Waals surface area contributed by atoms with E-state index in [4.69, 9.17) is 9.47 Å². The number of halogens is 1. The maximum atomic E-state index is 6.05. The molecule has 0 aromatic heterocycles. The van der Waals surface area contributed by atoms with Crippen molar-refractivity contribution in [1.29, 1.82) is 0 Å². The molecule has 0 atom stereocenters. The number of methoxy groups -OCH3 is 1. The fraction of sp³-hybridized carbons (Fsp3) is 0.435. The van der Waals surface area contributed by atoms with Gasteiger partial charge in [0.05, 0.1) is 13.7 Å². The van der Waals surface area contributed by atoms with Crippen LogP contribution in [-0.2, 0) is 19.4 Å². The molecule has 0 spiro atoms. The van der Waals surface area contributed by atoms with E-state index in [0.717, 1.165) is 67.9 Å². The molecule has 0 radical (unpaired) electrons. The van der Waals surface area contributed by atoms with Crippen LogP contribution in [0.3, 0.4) is 0 Å². The number of nitrogens with zero attached hydrogens (tertiary/aromatic N) is 1. The van der Waals surface area contributed by atoms with Crippen molar-refractivity contribution in [3.63, 3.8) is 0 Å². The van der Waals surface area contributed by atoms with Crippen LogP contribution in [0.2, 0.25) is 0 Å².